The molecule has 1 aliphatic heterocycles. The highest BCUT2D eigenvalue weighted by molar-refractivity contribution is 6.10. The molecule has 290 valence electrons. The van der Waals surface area contributed by atoms with Gasteiger partial charge in [0.2, 0.25) is 0 Å². The average Bonchev–Trinajstić information content (AvgIpc) is 3.87. The topological polar surface area (TPSA) is 25.6 Å². The maximum absolute atomic E-state index is 6.89. The van der Waals surface area contributed by atoms with Gasteiger partial charge in [-0.15, -0.1) is 0 Å². The zero-order chi connectivity index (χ0) is 40.8. The van der Waals surface area contributed by atoms with Crippen molar-refractivity contribution in [1.29, 1.82) is 0 Å². The number of rotatable bonds is 5. The van der Waals surface area contributed by atoms with Gasteiger partial charge in [-0.3, -0.25) is 0 Å². The van der Waals surface area contributed by atoms with E-state index >= 15 is 0 Å². The highest BCUT2D eigenvalue weighted by atomic mass is 16.5. The van der Waals surface area contributed by atoms with Crippen molar-refractivity contribution in [2.75, 3.05) is 4.90 Å². The number of para-hydroxylation sites is 3. The number of ether oxygens (including phenoxy) is 1. The van der Waals surface area contributed by atoms with E-state index in [9.17, 15) is 0 Å². The molecule has 0 fully saturated rings. The van der Waals surface area contributed by atoms with Crippen LogP contribution in [0.5, 0.6) is 11.5 Å². The zero-order valence-corrected chi connectivity index (χ0v) is 33.6. The van der Waals surface area contributed by atoms with Gasteiger partial charge in [-0.25, -0.2) is 0 Å². The third-order valence-electron chi connectivity index (χ3n) is 13.1. The van der Waals surface area contributed by atoms with Crippen molar-refractivity contribution < 1.29 is 9.15 Å². The van der Waals surface area contributed by atoms with Crippen LogP contribution < -0.4 is 9.64 Å². The largest absolute Gasteiger partial charge is 0.456 e. The van der Waals surface area contributed by atoms with E-state index in [-0.39, 0.29) is 0 Å². The summed E-state index contributed by atoms with van der Waals surface area (Å²) in [5.74, 6) is 1.82. The molecule has 0 N–H and O–H groups in total. The molecule has 3 nitrogen and oxygen atoms in total. The lowest BCUT2D eigenvalue weighted by Gasteiger charge is -2.40. The zero-order valence-electron chi connectivity index (χ0n) is 33.6. The summed E-state index contributed by atoms with van der Waals surface area (Å²) in [6, 6.07) is 80.8. The Morgan fingerprint density at radius 3 is 1.81 bits per heavy atom. The number of benzene rings is 10. The maximum atomic E-state index is 6.89. The Balaban J connectivity index is 0.972. The molecule has 1 aromatic heterocycles. The summed E-state index contributed by atoms with van der Waals surface area (Å²) >= 11 is 0. The van der Waals surface area contributed by atoms with Crippen molar-refractivity contribution in [3.8, 4) is 44.9 Å². The second kappa shape index (κ2) is 13.4. The smallest absolute Gasteiger partial charge is 0.159 e. The Morgan fingerprint density at radius 1 is 0.371 bits per heavy atom. The summed E-state index contributed by atoms with van der Waals surface area (Å²) in [5.41, 5.74) is 16.3. The molecule has 3 heteroatoms. The van der Waals surface area contributed by atoms with Gasteiger partial charge in [-0.2, -0.15) is 0 Å². The van der Waals surface area contributed by atoms with E-state index < -0.39 is 5.41 Å². The van der Waals surface area contributed by atoms with Gasteiger partial charge < -0.3 is 14.1 Å². The lowest BCUT2D eigenvalue weighted by molar-refractivity contribution is 0.442. The molecule has 2 heterocycles. The molecular formula is C59H37NO2. The van der Waals surface area contributed by atoms with E-state index in [2.05, 4.69) is 217 Å². The molecular weight excluding hydrogens is 755 g/mol. The molecule has 0 amide bonds. The van der Waals surface area contributed by atoms with Crippen LogP contribution >= 0.6 is 0 Å². The molecule has 62 heavy (non-hydrogen) atoms. The highest BCUT2D eigenvalue weighted by Crippen LogP contribution is 2.63. The van der Waals surface area contributed by atoms with Crippen molar-refractivity contribution in [3.05, 3.63) is 247 Å². The second-order valence-corrected chi connectivity index (χ2v) is 16.4. The van der Waals surface area contributed by atoms with Crippen LogP contribution in [0.15, 0.2) is 229 Å². The van der Waals surface area contributed by atoms with E-state index in [1.54, 1.807) is 0 Å². The quantitative estimate of drug-likeness (QED) is 0.174. The minimum atomic E-state index is -0.565. The number of nitrogens with zero attached hydrogens (tertiary/aromatic N) is 1. The molecule has 1 unspecified atom stereocenters. The molecule has 1 aliphatic carbocycles. The second-order valence-electron chi connectivity index (χ2n) is 16.4. The van der Waals surface area contributed by atoms with Crippen molar-refractivity contribution in [2.24, 2.45) is 0 Å². The first-order valence-corrected chi connectivity index (χ1v) is 21.2. The Labute approximate surface area is 359 Å². The normalized spacial score (nSPS) is 14.6. The third-order valence-corrected chi connectivity index (χ3v) is 13.1. The number of furan rings is 1. The summed E-state index contributed by atoms with van der Waals surface area (Å²) in [7, 11) is 0. The van der Waals surface area contributed by atoms with Crippen LogP contribution in [0.3, 0.4) is 0 Å². The maximum Gasteiger partial charge on any atom is 0.159 e. The van der Waals surface area contributed by atoms with Gasteiger partial charge in [0.25, 0.3) is 0 Å². The number of anilines is 3. The Bertz CT molecular complexity index is 3550. The van der Waals surface area contributed by atoms with Gasteiger partial charge in [0.1, 0.15) is 17.1 Å². The van der Waals surface area contributed by atoms with E-state index in [0.717, 1.165) is 72.6 Å². The summed E-state index contributed by atoms with van der Waals surface area (Å²) < 4.78 is 13.5. The first-order chi connectivity index (χ1) is 30.7. The number of hydrogen-bond acceptors (Lipinski definition) is 3. The van der Waals surface area contributed by atoms with Gasteiger partial charge in [-0.05, 0) is 98.4 Å². The van der Waals surface area contributed by atoms with E-state index in [4.69, 9.17) is 9.15 Å². The summed E-state index contributed by atoms with van der Waals surface area (Å²) in [4.78, 5) is 2.32. The summed E-state index contributed by atoms with van der Waals surface area (Å²) in [6.45, 7) is 0. The van der Waals surface area contributed by atoms with Crippen LogP contribution in [0.25, 0.3) is 66.1 Å². The predicted molar refractivity (Wildman–Crippen MR) is 254 cm³/mol. The number of fused-ring (bicyclic) bond motifs is 14. The van der Waals surface area contributed by atoms with E-state index in [1.807, 2.05) is 12.1 Å². The lowest BCUT2D eigenvalue weighted by atomic mass is 9.65. The molecule has 2 aliphatic rings. The minimum Gasteiger partial charge on any atom is -0.456 e. The summed E-state index contributed by atoms with van der Waals surface area (Å²) in [5, 5.41) is 4.49. The fraction of sp³-hybridized carbons (Fsp3) is 0.0169. The van der Waals surface area contributed by atoms with Crippen molar-refractivity contribution in [3.63, 3.8) is 0 Å². The molecule has 0 saturated heterocycles. The van der Waals surface area contributed by atoms with Crippen LogP contribution in [-0.4, -0.2) is 0 Å². The van der Waals surface area contributed by atoms with Crippen LogP contribution in [0.1, 0.15) is 22.3 Å². The standard InChI is InChI=1S/C59H37NO2/c1-2-13-38(14-3-1)39-25-31-43(32-26-39)60(54-22-12-19-49-48-18-7-10-23-55(48)61-58(49)54)44-33-27-40(28-34-44)42-29-35-47-46-17-6-8-20-50(46)59(53(47)37-42)51-21-9-11-24-56(51)62-57-45-16-5-4-15-41(45)30-36-52(57)59/h1-37H. The van der Waals surface area contributed by atoms with Crippen LogP contribution in [0.2, 0.25) is 0 Å². The van der Waals surface area contributed by atoms with Gasteiger partial charge in [0.15, 0.2) is 5.58 Å². The molecule has 0 saturated carbocycles. The van der Waals surface area contributed by atoms with Gasteiger partial charge in [0.05, 0.1) is 11.1 Å². The number of hydrogen-bond donors (Lipinski definition) is 0. The molecule has 0 radical (unpaired) electrons. The van der Waals surface area contributed by atoms with Gasteiger partial charge in [-0.1, -0.05) is 176 Å². The predicted octanol–water partition coefficient (Wildman–Crippen LogP) is 16.0. The molecule has 11 aromatic rings. The molecule has 13 rings (SSSR count). The highest BCUT2D eigenvalue weighted by Gasteiger charge is 2.51. The van der Waals surface area contributed by atoms with Crippen LogP contribution in [0.4, 0.5) is 17.1 Å². The molecule has 1 atom stereocenters. The first kappa shape index (κ1) is 34.7. The van der Waals surface area contributed by atoms with E-state index in [1.165, 1.54) is 44.3 Å². The van der Waals surface area contributed by atoms with E-state index in [0.29, 0.717) is 0 Å². The third kappa shape index (κ3) is 5.00. The molecule has 0 bridgehead atoms. The fourth-order valence-electron chi connectivity index (χ4n) is 10.4. The Morgan fingerprint density at radius 2 is 0.984 bits per heavy atom. The van der Waals surface area contributed by atoms with Crippen LogP contribution in [-0.2, 0) is 5.41 Å². The average molecular weight is 792 g/mol. The Kier molecular flexibility index (Phi) is 7.52. The molecule has 1 spiro atoms. The molecule has 10 aromatic carbocycles. The SMILES string of the molecule is c1ccc(-c2ccc(N(c3ccc(-c4ccc5c(c4)C4(c6ccccc6Oc6c4ccc4ccccc64)c4ccccc4-5)cc3)c3cccc4c3oc3ccccc34)cc2)cc1. The Hall–Kier alpha value is -8.14. The lowest BCUT2D eigenvalue weighted by Crippen LogP contribution is -2.32. The van der Waals surface area contributed by atoms with Crippen LogP contribution in [0, 0.1) is 0 Å². The fourth-order valence-corrected chi connectivity index (χ4v) is 10.4. The van der Waals surface area contributed by atoms with Crippen molar-refractivity contribution in [1.82, 2.24) is 0 Å². The minimum absolute atomic E-state index is 0.565. The van der Waals surface area contributed by atoms with Gasteiger partial charge in [0, 0.05) is 38.7 Å². The monoisotopic (exact) mass is 791 g/mol. The van der Waals surface area contributed by atoms with Crippen molar-refractivity contribution >= 4 is 49.8 Å². The van der Waals surface area contributed by atoms with Gasteiger partial charge >= 0.3 is 0 Å². The van der Waals surface area contributed by atoms with Crippen molar-refractivity contribution in [2.45, 2.75) is 5.41 Å². The summed E-state index contributed by atoms with van der Waals surface area (Å²) in [6.07, 6.45) is 0. The first-order valence-electron chi connectivity index (χ1n) is 21.2.